The third kappa shape index (κ3) is 6.98. The third-order valence-electron chi connectivity index (χ3n) is 5.13. The second kappa shape index (κ2) is 12.8. The van der Waals surface area contributed by atoms with E-state index >= 15 is 0 Å². The van der Waals surface area contributed by atoms with E-state index in [0.29, 0.717) is 6.54 Å². The van der Waals surface area contributed by atoms with Crippen LogP contribution < -0.4 is 10.6 Å². The Morgan fingerprint density at radius 3 is 2.76 bits per heavy atom. The van der Waals surface area contributed by atoms with Crippen LogP contribution in [-0.4, -0.2) is 58.3 Å². The Kier molecular flexibility index (Phi) is 10.5. The number of rotatable bonds is 9. The molecule has 0 spiro atoms. The van der Waals surface area contributed by atoms with Gasteiger partial charge in [0.2, 0.25) is 0 Å². The number of nitrogens with one attached hydrogen (secondary N) is 2. The van der Waals surface area contributed by atoms with Crippen molar-refractivity contribution in [3.8, 4) is 0 Å². The molecule has 9 heteroatoms. The van der Waals surface area contributed by atoms with Crippen molar-refractivity contribution in [2.75, 3.05) is 32.7 Å². The van der Waals surface area contributed by atoms with Crippen molar-refractivity contribution in [3.05, 3.63) is 36.3 Å². The van der Waals surface area contributed by atoms with Gasteiger partial charge in [0.1, 0.15) is 17.9 Å². The lowest BCUT2D eigenvalue weighted by molar-refractivity contribution is 0.150. The van der Waals surface area contributed by atoms with Crippen molar-refractivity contribution in [1.82, 2.24) is 30.3 Å². The number of aromatic nitrogens is 3. The monoisotopic (exact) mass is 515 g/mol. The van der Waals surface area contributed by atoms with Gasteiger partial charge in [-0.1, -0.05) is 13.3 Å². The number of likely N-dealkylation sites (tertiary alicyclic amines) is 1. The maximum absolute atomic E-state index is 5.73. The molecular formula is C20H34IN7O. The van der Waals surface area contributed by atoms with Crippen LogP contribution in [0.3, 0.4) is 0 Å². The first-order valence-corrected chi connectivity index (χ1v) is 10.5. The van der Waals surface area contributed by atoms with E-state index in [4.69, 9.17) is 9.41 Å². The van der Waals surface area contributed by atoms with E-state index < -0.39 is 0 Å². The van der Waals surface area contributed by atoms with E-state index in [1.807, 2.05) is 6.07 Å². The molecule has 2 N–H and O–H groups in total. The highest BCUT2D eigenvalue weighted by Crippen LogP contribution is 2.25. The molecule has 162 valence electrons. The Hall–Kier alpha value is -1.62. The molecule has 1 aliphatic rings. The van der Waals surface area contributed by atoms with E-state index in [1.54, 1.807) is 12.6 Å². The highest BCUT2D eigenvalue weighted by molar-refractivity contribution is 14.0. The maximum Gasteiger partial charge on any atom is 0.191 e. The summed E-state index contributed by atoms with van der Waals surface area (Å²) >= 11 is 0. The van der Waals surface area contributed by atoms with Gasteiger partial charge in [-0.25, -0.2) is 0 Å². The summed E-state index contributed by atoms with van der Waals surface area (Å²) in [5, 5.41) is 14.9. The maximum atomic E-state index is 5.73. The van der Waals surface area contributed by atoms with Crippen LogP contribution in [0.5, 0.6) is 0 Å². The Labute approximate surface area is 190 Å². The second-order valence-electron chi connectivity index (χ2n) is 7.07. The van der Waals surface area contributed by atoms with Crippen molar-refractivity contribution in [2.24, 2.45) is 4.99 Å². The summed E-state index contributed by atoms with van der Waals surface area (Å²) in [5.41, 5.74) is 0. The molecule has 0 saturated carbocycles. The molecule has 0 amide bonds. The summed E-state index contributed by atoms with van der Waals surface area (Å²) in [6.07, 6.45) is 8.24. The Balaban J connectivity index is 0.00000300. The number of aliphatic imine (C=N–C) groups is 1. The smallest absolute Gasteiger partial charge is 0.191 e. The van der Waals surface area contributed by atoms with Gasteiger partial charge in [0.25, 0.3) is 0 Å². The van der Waals surface area contributed by atoms with Gasteiger partial charge in [0.15, 0.2) is 5.96 Å². The zero-order valence-electron chi connectivity index (χ0n) is 17.5. The fourth-order valence-electron chi connectivity index (χ4n) is 3.65. The van der Waals surface area contributed by atoms with E-state index in [9.17, 15) is 0 Å². The number of aryl methyl sites for hydroxylation is 1. The molecular weight excluding hydrogens is 481 g/mol. The van der Waals surface area contributed by atoms with Crippen LogP contribution >= 0.6 is 24.0 Å². The standard InChI is InChI=1S/C20H33N7O.HI/c1-3-19-25-24-16-27(19)13-10-22-20(21-4-2)23-15-17(18-9-8-14-28-18)26-11-6-5-7-12-26;/h8-9,14,16-17H,3-7,10-13,15H2,1-2H3,(H2,21,22,23);1H. The molecule has 1 fully saturated rings. The summed E-state index contributed by atoms with van der Waals surface area (Å²) in [7, 11) is 0. The van der Waals surface area contributed by atoms with E-state index in [0.717, 1.165) is 56.7 Å². The molecule has 1 saturated heterocycles. The SMILES string of the molecule is CCNC(=NCC(c1ccco1)N1CCCCC1)NCCn1cnnc1CC.I. The average molecular weight is 515 g/mol. The number of hydrogen-bond donors (Lipinski definition) is 2. The van der Waals surface area contributed by atoms with Gasteiger partial charge in [0.05, 0.1) is 18.8 Å². The lowest BCUT2D eigenvalue weighted by atomic mass is 10.1. The van der Waals surface area contributed by atoms with Crippen LogP contribution in [0.2, 0.25) is 0 Å². The molecule has 0 radical (unpaired) electrons. The Morgan fingerprint density at radius 1 is 1.24 bits per heavy atom. The van der Waals surface area contributed by atoms with Gasteiger partial charge in [0, 0.05) is 26.1 Å². The highest BCUT2D eigenvalue weighted by atomic mass is 127. The zero-order valence-corrected chi connectivity index (χ0v) is 19.8. The predicted molar refractivity (Wildman–Crippen MR) is 126 cm³/mol. The van der Waals surface area contributed by atoms with Gasteiger partial charge in [-0.3, -0.25) is 9.89 Å². The molecule has 2 aromatic heterocycles. The minimum absolute atomic E-state index is 0. The van der Waals surface area contributed by atoms with E-state index in [2.05, 4.69) is 50.2 Å². The van der Waals surface area contributed by atoms with Crippen LogP contribution in [0, 0.1) is 0 Å². The summed E-state index contributed by atoms with van der Waals surface area (Å²) in [4.78, 5) is 7.36. The number of piperidine rings is 1. The van der Waals surface area contributed by atoms with Gasteiger partial charge >= 0.3 is 0 Å². The van der Waals surface area contributed by atoms with Crippen LogP contribution in [0.1, 0.15) is 50.7 Å². The molecule has 1 aliphatic heterocycles. The number of guanidine groups is 1. The van der Waals surface area contributed by atoms with Crippen molar-refractivity contribution < 1.29 is 4.42 Å². The topological polar surface area (TPSA) is 83.5 Å². The molecule has 2 aromatic rings. The van der Waals surface area contributed by atoms with Crippen molar-refractivity contribution >= 4 is 29.9 Å². The number of nitrogens with zero attached hydrogens (tertiary/aromatic N) is 5. The van der Waals surface area contributed by atoms with Gasteiger partial charge in [-0.05, 0) is 45.0 Å². The minimum atomic E-state index is 0. The number of halogens is 1. The van der Waals surface area contributed by atoms with Crippen LogP contribution in [-0.2, 0) is 13.0 Å². The number of hydrogen-bond acceptors (Lipinski definition) is 5. The van der Waals surface area contributed by atoms with Gasteiger partial charge in [-0.15, -0.1) is 34.2 Å². The molecule has 8 nitrogen and oxygen atoms in total. The van der Waals surface area contributed by atoms with Crippen LogP contribution in [0.25, 0.3) is 0 Å². The quantitative estimate of drug-likeness (QED) is 0.304. The van der Waals surface area contributed by atoms with Crippen LogP contribution in [0.4, 0.5) is 0 Å². The largest absolute Gasteiger partial charge is 0.468 e. The first-order valence-electron chi connectivity index (χ1n) is 10.5. The summed E-state index contributed by atoms with van der Waals surface area (Å²) in [6, 6.07) is 4.22. The summed E-state index contributed by atoms with van der Waals surface area (Å²) in [5.74, 6) is 2.84. The predicted octanol–water partition coefficient (Wildman–Crippen LogP) is 2.83. The molecule has 0 aromatic carbocycles. The zero-order chi connectivity index (χ0) is 19.6. The lowest BCUT2D eigenvalue weighted by Crippen LogP contribution is -2.40. The minimum Gasteiger partial charge on any atom is -0.468 e. The number of furan rings is 1. The summed E-state index contributed by atoms with van der Waals surface area (Å²) < 4.78 is 7.81. The van der Waals surface area contributed by atoms with E-state index in [1.165, 1.54) is 19.3 Å². The molecule has 3 heterocycles. The average Bonchev–Trinajstić information content (AvgIpc) is 3.41. The molecule has 0 aliphatic carbocycles. The van der Waals surface area contributed by atoms with Gasteiger partial charge < -0.3 is 19.6 Å². The first kappa shape index (κ1) is 23.7. The molecule has 1 atom stereocenters. The fraction of sp³-hybridized carbons (Fsp3) is 0.650. The molecule has 3 rings (SSSR count). The molecule has 0 bridgehead atoms. The Bertz CT molecular complexity index is 710. The second-order valence-corrected chi connectivity index (χ2v) is 7.07. The van der Waals surface area contributed by atoms with E-state index in [-0.39, 0.29) is 30.0 Å². The highest BCUT2D eigenvalue weighted by Gasteiger charge is 2.24. The van der Waals surface area contributed by atoms with Gasteiger partial charge in [-0.2, -0.15) is 0 Å². The Morgan fingerprint density at radius 2 is 2.07 bits per heavy atom. The third-order valence-corrected chi connectivity index (χ3v) is 5.13. The summed E-state index contributed by atoms with van der Waals surface area (Å²) in [6.45, 7) is 9.48. The molecule has 1 unspecified atom stereocenters. The van der Waals surface area contributed by atoms with Crippen molar-refractivity contribution in [1.29, 1.82) is 0 Å². The van der Waals surface area contributed by atoms with Crippen molar-refractivity contribution in [3.63, 3.8) is 0 Å². The van der Waals surface area contributed by atoms with Crippen molar-refractivity contribution in [2.45, 2.75) is 52.1 Å². The normalized spacial score (nSPS) is 16.3. The van der Waals surface area contributed by atoms with Crippen LogP contribution in [0.15, 0.2) is 34.1 Å². The first-order chi connectivity index (χ1) is 13.8. The molecule has 29 heavy (non-hydrogen) atoms. The lowest BCUT2D eigenvalue weighted by Gasteiger charge is -2.32. The fourth-order valence-corrected chi connectivity index (χ4v) is 3.65.